The summed E-state index contributed by atoms with van der Waals surface area (Å²) in [4.78, 5) is 22.2. The molecule has 0 bridgehead atoms. The van der Waals surface area contributed by atoms with Crippen molar-refractivity contribution in [3.05, 3.63) is 40.1 Å². The first-order chi connectivity index (χ1) is 8.45. The summed E-state index contributed by atoms with van der Waals surface area (Å²) in [5, 5.41) is 11.6. The molecule has 7 heteroatoms. The molecule has 0 aliphatic rings. The maximum atomic E-state index is 12.9. The predicted octanol–water partition coefficient (Wildman–Crippen LogP) is -1.57. The van der Waals surface area contributed by atoms with Crippen molar-refractivity contribution < 1.29 is 42.7 Å². The van der Waals surface area contributed by atoms with Crippen molar-refractivity contribution in [3.63, 3.8) is 0 Å². The molecule has 0 N–H and O–H groups in total. The van der Waals surface area contributed by atoms with Crippen LogP contribution in [-0.2, 0) is 14.3 Å². The molecule has 0 amide bonds. The van der Waals surface area contributed by atoms with E-state index in [0.717, 1.165) is 6.07 Å². The fraction of sp³-hybridized carbons (Fsp3) is 0.167. The predicted molar refractivity (Wildman–Crippen MR) is 63.7 cm³/mol. The Kier molecular flexibility index (Phi) is 7.68. The van der Waals surface area contributed by atoms with E-state index in [9.17, 15) is 19.1 Å². The summed E-state index contributed by atoms with van der Waals surface area (Å²) in [6.07, 6.45) is 0.623. The molecule has 0 fully saturated rings. The van der Waals surface area contributed by atoms with Gasteiger partial charge in [0.2, 0.25) is 0 Å². The maximum Gasteiger partial charge on any atom is 1.00 e. The van der Waals surface area contributed by atoms with Crippen molar-refractivity contribution in [2.24, 2.45) is 0 Å². The summed E-state index contributed by atoms with van der Waals surface area (Å²) in [7, 11) is 0. The Bertz CT molecular complexity index is 516. The third-order valence-corrected chi connectivity index (χ3v) is 2.55. The number of carbonyl (C=O) groups excluding carboxylic acids is 2. The molecule has 0 heterocycles. The van der Waals surface area contributed by atoms with Crippen molar-refractivity contribution in [3.8, 4) is 0 Å². The summed E-state index contributed by atoms with van der Waals surface area (Å²) < 4.78 is 17.5. The molecule has 4 nitrogen and oxygen atoms in total. The summed E-state index contributed by atoms with van der Waals surface area (Å²) in [5.41, 5.74) is 0.0981. The number of rotatable bonds is 4. The first-order valence-electron chi connectivity index (χ1n) is 5.01. The van der Waals surface area contributed by atoms with Crippen LogP contribution in [0.15, 0.2) is 28.7 Å². The van der Waals surface area contributed by atoms with Crippen LogP contribution in [0, 0.1) is 5.82 Å². The molecule has 1 aromatic rings. The molecule has 0 spiro atoms. The third kappa shape index (κ3) is 5.19. The number of benzene rings is 1. The van der Waals surface area contributed by atoms with Gasteiger partial charge in [-0.1, -0.05) is 11.8 Å². The fourth-order valence-corrected chi connectivity index (χ4v) is 1.49. The summed E-state index contributed by atoms with van der Waals surface area (Å²) in [5.74, 6) is -3.34. The van der Waals surface area contributed by atoms with Crippen molar-refractivity contribution >= 4 is 33.4 Å². The van der Waals surface area contributed by atoms with Gasteiger partial charge in [-0.2, -0.15) is 0 Å². The van der Waals surface area contributed by atoms with Crippen LogP contribution in [0.3, 0.4) is 0 Å². The average molecular weight is 323 g/mol. The van der Waals surface area contributed by atoms with Crippen LogP contribution in [0.2, 0.25) is 0 Å². The van der Waals surface area contributed by atoms with Crippen molar-refractivity contribution in [1.82, 2.24) is 0 Å². The Labute approximate surface area is 129 Å². The fourth-order valence-electron chi connectivity index (χ4n) is 1.11. The van der Waals surface area contributed by atoms with Crippen molar-refractivity contribution in [2.45, 2.75) is 6.92 Å². The molecule has 0 unspecified atom stereocenters. The van der Waals surface area contributed by atoms with E-state index in [2.05, 4.69) is 20.7 Å². The average Bonchev–Trinajstić information content (AvgIpc) is 2.32. The second-order valence-corrected chi connectivity index (χ2v) is 4.08. The Balaban J connectivity index is 0.00000324. The summed E-state index contributed by atoms with van der Waals surface area (Å²) >= 11 is 2.92. The van der Waals surface area contributed by atoms with E-state index in [1.54, 1.807) is 6.92 Å². The van der Waals surface area contributed by atoms with E-state index in [4.69, 9.17) is 0 Å². The molecule has 0 radical (unpaired) electrons. The molecule has 0 atom stereocenters. The van der Waals surface area contributed by atoms with Gasteiger partial charge < -0.3 is 9.84 Å². The second-order valence-electron chi connectivity index (χ2n) is 3.22. The van der Waals surface area contributed by atoms with Crippen LogP contribution in [0.4, 0.5) is 4.39 Å². The number of hydrogen-bond acceptors (Lipinski definition) is 4. The number of carbonyl (C=O) groups is 2. The molecule has 96 valence electrons. The topological polar surface area (TPSA) is 66.4 Å². The summed E-state index contributed by atoms with van der Waals surface area (Å²) in [6, 6.07) is 3.53. The Morgan fingerprint density at radius 3 is 2.63 bits per heavy atom. The number of halogens is 2. The van der Waals surface area contributed by atoms with Crippen LogP contribution in [0.5, 0.6) is 0 Å². The molecule has 0 saturated carbocycles. The van der Waals surface area contributed by atoms with Crippen LogP contribution >= 0.6 is 15.9 Å². The van der Waals surface area contributed by atoms with E-state index < -0.39 is 23.3 Å². The van der Waals surface area contributed by atoms with Gasteiger partial charge in [-0.25, -0.2) is 9.18 Å². The van der Waals surface area contributed by atoms with Gasteiger partial charge in [-0.3, -0.25) is 4.79 Å². The minimum atomic E-state index is -1.09. The van der Waals surface area contributed by atoms with Gasteiger partial charge in [-0.15, -0.1) is 0 Å². The monoisotopic (exact) mass is 322 g/mol. The second kappa shape index (κ2) is 8.15. The van der Waals surface area contributed by atoms with E-state index in [-0.39, 0.29) is 35.5 Å². The van der Waals surface area contributed by atoms with Gasteiger partial charge >= 0.3 is 24.8 Å². The maximum absolute atomic E-state index is 12.9. The molecule has 0 aliphatic heterocycles. The Morgan fingerprint density at radius 2 is 2.11 bits per heavy atom. The molecular formula is C12H9BrFLiO4. The number of ketones is 1. The van der Waals surface area contributed by atoms with Crippen molar-refractivity contribution in [2.75, 3.05) is 6.61 Å². The molecule has 19 heavy (non-hydrogen) atoms. The number of ether oxygens (including phenoxy) is 1. The van der Waals surface area contributed by atoms with Crippen LogP contribution in [-0.4, -0.2) is 18.4 Å². The summed E-state index contributed by atoms with van der Waals surface area (Å²) in [6.45, 7) is 1.60. The standard InChI is InChI=1S/C12H10BrFO4.Li/c1-2-18-12(17)11(16)6-10(15)7-3-4-9(14)8(13)5-7;/h3-6,15H,2H2,1H3;/q;+1/p-1/b10-6+;. The van der Waals surface area contributed by atoms with Gasteiger partial charge in [0.05, 0.1) is 11.1 Å². The number of hydrogen-bond donors (Lipinski definition) is 0. The van der Waals surface area contributed by atoms with Gasteiger partial charge in [-0.05, 0) is 46.6 Å². The van der Waals surface area contributed by atoms with Crippen molar-refractivity contribution in [1.29, 1.82) is 0 Å². The zero-order valence-corrected chi connectivity index (χ0v) is 12.0. The molecule has 0 aliphatic carbocycles. The third-order valence-electron chi connectivity index (χ3n) is 1.94. The first kappa shape index (κ1) is 17.9. The quantitative estimate of drug-likeness (QED) is 0.221. The smallest absolute Gasteiger partial charge is 0.872 e. The Hall–Kier alpha value is -1.09. The SMILES string of the molecule is CCOC(=O)C(=O)/C=C(/[O-])c1ccc(F)c(Br)c1.[Li+]. The minimum absolute atomic E-state index is 0. The zero-order chi connectivity index (χ0) is 13.7. The normalized spacial score (nSPS) is 10.6. The molecule has 0 aromatic heterocycles. The minimum Gasteiger partial charge on any atom is -0.872 e. The van der Waals surface area contributed by atoms with Crippen LogP contribution in [0.25, 0.3) is 5.76 Å². The molecule has 1 aromatic carbocycles. The largest absolute Gasteiger partial charge is 1.00 e. The van der Waals surface area contributed by atoms with E-state index in [1.165, 1.54) is 12.1 Å². The first-order valence-corrected chi connectivity index (χ1v) is 5.80. The molecule has 1 rings (SSSR count). The molecule has 0 saturated heterocycles. The zero-order valence-electron chi connectivity index (χ0n) is 10.4. The van der Waals surface area contributed by atoms with Gasteiger partial charge in [0.15, 0.2) is 0 Å². The van der Waals surface area contributed by atoms with Gasteiger partial charge in [0.25, 0.3) is 5.78 Å². The van der Waals surface area contributed by atoms with Crippen LogP contribution < -0.4 is 24.0 Å². The Morgan fingerprint density at radius 1 is 1.47 bits per heavy atom. The van der Waals surface area contributed by atoms with Gasteiger partial charge in [0, 0.05) is 0 Å². The van der Waals surface area contributed by atoms with E-state index >= 15 is 0 Å². The van der Waals surface area contributed by atoms with Crippen LogP contribution in [0.1, 0.15) is 12.5 Å². The number of esters is 1. The van der Waals surface area contributed by atoms with Gasteiger partial charge in [0.1, 0.15) is 5.82 Å². The van der Waals surface area contributed by atoms with E-state index in [1.807, 2.05) is 0 Å². The van der Waals surface area contributed by atoms with E-state index in [0.29, 0.717) is 6.08 Å². The molecular weight excluding hydrogens is 314 g/mol.